The highest BCUT2D eigenvalue weighted by atomic mass is 35.5. The van der Waals surface area contributed by atoms with Crippen LogP contribution in [0.3, 0.4) is 0 Å². The van der Waals surface area contributed by atoms with E-state index < -0.39 is 17.1 Å². The van der Waals surface area contributed by atoms with Crippen LogP contribution in [0.15, 0.2) is 48.5 Å². The topological polar surface area (TPSA) is 92.9 Å². The van der Waals surface area contributed by atoms with Gasteiger partial charge in [-0.3, -0.25) is 10.1 Å². The molecule has 8 heteroatoms. The van der Waals surface area contributed by atoms with Gasteiger partial charge in [0.15, 0.2) is 0 Å². The van der Waals surface area contributed by atoms with Crippen molar-refractivity contribution in [2.45, 2.75) is 12.5 Å². The zero-order valence-corrected chi connectivity index (χ0v) is 14.2. The maximum absolute atomic E-state index is 11.0. The number of amides is 1. The van der Waals surface area contributed by atoms with Gasteiger partial charge in [0.05, 0.1) is 16.0 Å². The molecule has 1 atom stereocenters. The molecule has 25 heavy (non-hydrogen) atoms. The fourth-order valence-corrected chi connectivity index (χ4v) is 2.38. The first-order chi connectivity index (χ1) is 11.9. The molecule has 2 aromatic rings. The first-order valence-corrected chi connectivity index (χ1v) is 7.86. The van der Waals surface area contributed by atoms with E-state index in [0.29, 0.717) is 6.42 Å². The van der Waals surface area contributed by atoms with Gasteiger partial charge in [-0.25, -0.2) is 4.79 Å². The lowest BCUT2D eigenvalue weighted by Gasteiger charge is -2.22. The van der Waals surface area contributed by atoms with Crippen LogP contribution in [-0.4, -0.2) is 34.6 Å². The number of non-ortho nitro benzene ring substituents is 1. The van der Waals surface area contributed by atoms with Crippen molar-refractivity contribution in [3.8, 4) is 5.75 Å². The summed E-state index contributed by atoms with van der Waals surface area (Å²) >= 11 is 6.09. The van der Waals surface area contributed by atoms with Crippen molar-refractivity contribution in [1.82, 2.24) is 4.90 Å². The summed E-state index contributed by atoms with van der Waals surface area (Å²) in [4.78, 5) is 22.5. The molecule has 1 amide bonds. The molecule has 1 N–H and O–H groups in total. The molecule has 0 bridgehead atoms. The molecule has 0 heterocycles. The van der Waals surface area contributed by atoms with Crippen LogP contribution in [0.5, 0.6) is 5.75 Å². The Balaban J connectivity index is 2.25. The Hall–Kier alpha value is -2.80. The van der Waals surface area contributed by atoms with Crippen LogP contribution in [0, 0.1) is 10.1 Å². The van der Waals surface area contributed by atoms with Crippen LogP contribution in [-0.2, 0) is 0 Å². The number of benzene rings is 2. The van der Waals surface area contributed by atoms with Gasteiger partial charge in [-0.2, -0.15) is 0 Å². The van der Waals surface area contributed by atoms with Crippen LogP contribution in [0.4, 0.5) is 10.5 Å². The summed E-state index contributed by atoms with van der Waals surface area (Å²) in [6.45, 7) is 0.238. The van der Waals surface area contributed by atoms with Crippen LogP contribution in [0.2, 0.25) is 5.02 Å². The van der Waals surface area contributed by atoms with Crippen LogP contribution >= 0.6 is 11.6 Å². The molecule has 2 aromatic carbocycles. The molecule has 0 aromatic heterocycles. The molecular formula is C17H17ClN2O5. The van der Waals surface area contributed by atoms with Crippen molar-refractivity contribution in [1.29, 1.82) is 0 Å². The lowest BCUT2D eigenvalue weighted by atomic mass is 10.1. The molecule has 0 aliphatic rings. The summed E-state index contributed by atoms with van der Waals surface area (Å²) in [5, 5.41) is 20.2. The predicted octanol–water partition coefficient (Wildman–Crippen LogP) is 4.37. The van der Waals surface area contributed by atoms with Gasteiger partial charge in [0.1, 0.15) is 11.9 Å². The molecule has 0 saturated carbocycles. The third-order valence-electron chi connectivity index (χ3n) is 3.62. The quantitative estimate of drug-likeness (QED) is 0.581. The van der Waals surface area contributed by atoms with Crippen LogP contribution in [0.1, 0.15) is 18.1 Å². The molecule has 1 unspecified atom stereocenters. The molecule has 0 spiro atoms. The van der Waals surface area contributed by atoms with E-state index in [1.807, 2.05) is 30.3 Å². The lowest BCUT2D eigenvalue weighted by molar-refractivity contribution is -0.384. The number of nitro groups is 1. The van der Waals surface area contributed by atoms with E-state index in [1.165, 1.54) is 25.2 Å². The SMILES string of the molecule is CN(CCC(Oc1cc([N+](=O)[O-])ccc1Cl)c1ccccc1)C(=O)O. The lowest BCUT2D eigenvalue weighted by Crippen LogP contribution is -2.27. The first kappa shape index (κ1) is 18.5. The van der Waals surface area contributed by atoms with E-state index in [-0.39, 0.29) is 23.0 Å². The number of halogens is 1. The number of carbonyl (C=O) groups is 1. The molecule has 0 aliphatic heterocycles. The zero-order valence-electron chi connectivity index (χ0n) is 13.5. The van der Waals surface area contributed by atoms with E-state index >= 15 is 0 Å². The van der Waals surface area contributed by atoms with E-state index in [1.54, 1.807) is 0 Å². The summed E-state index contributed by atoms with van der Waals surface area (Å²) in [6, 6.07) is 13.2. The fraction of sp³-hybridized carbons (Fsp3) is 0.235. The highest BCUT2D eigenvalue weighted by Gasteiger charge is 2.19. The van der Waals surface area contributed by atoms with Gasteiger partial charge in [0, 0.05) is 26.1 Å². The van der Waals surface area contributed by atoms with E-state index in [0.717, 1.165) is 10.5 Å². The number of nitrogens with zero attached hydrogens (tertiary/aromatic N) is 2. The highest BCUT2D eigenvalue weighted by Crippen LogP contribution is 2.33. The normalized spacial score (nSPS) is 11.6. The Morgan fingerprint density at radius 3 is 2.60 bits per heavy atom. The number of rotatable bonds is 7. The predicted molar refractivity (Wildman–Crippen MR) is 93.2 cm³/mol. The van der Waals surface area contributed by atoms with Gasteiger partial charge in [-0.05, 0) is 11.6 Å². The molecule has 2 rings (SSSR count). The standard InChI is InChI=1S/C17H17ClN2O5/c1-19(17(21)22)10-9-15(12-5-3-2-4-6-12)25-16-11-13(20(23)24)7-8-14(16)18/h2-8,11,15H,9-10H2,1H3,(H,21,22). The van der Waals surface area contributed by atoms with Crippen molar-refractivity contribution in [2.24, 2.45) is 0 Å². The Morgan fingerprint density at radius 2 is 2.00 bits per heavy atom. The minimum atomic E-state index is -1.04. The number of hydrogen-bond acceptors (Lipinski definition) is 4. The average Bonchev–Trinajstić information content (AvgIpc) is 2.60. The second kappa shape index (κ2) is 8.34. The summed E-state index contributed by atoms with van der Waals surface area (Å²) in [5.41, 5.74) is 0.692. The third-order valence-corrected chi connectivity index (χ3v) is 3.93. The van der Waals surface area contributed by atoms with Crippen LogP contribution < -0.4 is 4.74 Å². The molecule has 0 radical (unpaired) electrons. The van der Waals surface area contributed by atoms with Gasteiger partial charge < -0.3 is 14.7 Å². The van der Waals surface area contributed by atoms with Gasteiger partial charge in [0.25, 0.3) is 5.69 Å². The van der Waals surface area contributed by atoms with Gasteiger partial charge in [-0.15, -0.1) is 0 Å². The van der Waals surface area contributed by atoms with Gasteiger partial charge in [0.2, 0.25) is 0 Å². The van der Waals surface area contributed by atoms with Crippen molar-refractivity contribution in [2.75, 3.05) is 13.6 Å². The second-order valence-electron chi connectivity index (χ2n) is 5.38. The first-order valence-electron chi connectivity index (χ1n) is 7.48. The minimum Gasteiger partial charge on any atom is -0.484 e. The zero-order chi connectivity index (χ0) is 18.4. The molecule has 0 saturated heterocycles. The van der Waals surface area contributed by atoms with Crippen molar-refractivity contribution in [3.05, 3.63) is 69.2 Å². The highest BCUT2D eigenvalue weighted by molar-refractivity contribution is 6.32. The minimum absolute atomic E-state index is 0.131. The van der Waals surface area contributed by atoms with Crippen molar-refractivity contribution >= 4 is 23.4 Å². The van der Waals surface area contributed by atoms with E-state index in [2.05, 4.69) is 0 Å². The summed E-state index contributed by atoms with van der Waals surface area (Å²) in [6.07, 6.45) is -1.17. The van der Waals surface area contributed by atoms with Crippen molar-refractivity contribution < 1.29 is 19.6 Å². The molecule has 7 nitrogen and oxygen atoms in total. The number of hydrogen-bond donors (Lipinski definition) is 1. The molecular weight excluding hydrogens is 348 g/mol. The van der Waals surface area contributed by atoms with Gasteiger partial charge >= 0.3 is 6.09 Å². The Bertz CT molecular complexity index is 754. The number of carboxylic acid groups (broad SMARTS) is 1. The maximum atomic E-state index is 11.0. The number of nitro benzene ring substituents is 1. The fourth-order valence-electron chi connectivity index (χ4n) is 2.22. The smallest absolute Gasteiger partial charge is 0.407 e. The summed E-state index contributed by atoms with van der Waals surface area (Å²) in [5.74, 6) is 0.183. The van der Waals surface area contributed by atoms with E-state index in [4.69, 9.17) is 21.4 Å². The van der Waals surface area contributed by atoms with Crippen LogP contribution in [0.25, 0.3) is 0 Å². The molecule has 0 fully saturated rings. The Morgan fingerprint density at radius 1 is 1.32 bits per heavy atom. The molecule has 0 aliphatic carbocycles. The van der Waals surface area contributed by atoms with Crippen molar-refractivity contribution in [3.63, 3.8) is 0 Å². The summed E-state index contributed by atoms with van der Waals surface area (Å²) < 4.78 is 5.90. The van der Waals surface area contributed by atoms with Gasteiger partial charge in [-0.1, -0.05) is 41.9 Å². The molecule has 132 valence electrons. The largest absolute Gasteiger partial charge is 0.484 e. The average molecular weight is 365 g/mol. The second-order valence-corrected chi connectivity index (χ2v) is 5.79. The van der Waals surface area contributed by atoms with E-state index in [9.17, 15) is 14.9 Å². The Kier molecular flexibility index (Phi) is 6.19. The number of ether oxygens (including phenoxy) is 1. The monoisotopic (exact) mass is 364 g/mol. The third kappa shape index (κ3) is 5.09. The maximum Gasteiger partial charge on any atom is 0.407 e. The summed E-state index contributed by atoms with van der Waals surface area (Å²) in [7, 11) is 1.46. The Labute approximate surface area is 149 Å².